The zero-order valence-electron chi connectivity index (χ0n) is 11.4. The number of rotatable bonds is 2. The molecule has 0 saturated carbocycles. The topological polar surface area (TPSA) is 31.4 Å². The molecule has 0 spiro atoms. The summed E-state index contributed by atoms with van der Waals surface area (Å²) in [6.07, 6.45) is 1.70. The number of pyridine rings is 1. The van der Waals surface area contributed by atoms with Gasteiger partial charge in [-0.3, -0.25) is 0 Å². The molecule has 0 aliphatic carbocycles. The van der Waals surface area contributed by atoms with Crippen molar-refractivity contribution in [2.24, 2.45) is 0 Å². The van der Waals surface area contributed by atoms with E-state index < -0.39 is 12.9 Å². The van der Waals surface area contributed by atoms with E-state index in [1.807, 2.05) is 27.7 Å². The monoisotopic (exact) mass is 283 g/mol. The highest BCUT2D eigenvalue weighted by atomic mass is 35.5. The van der Waals surface area contributed by atoms with Gasteiger partial charge in [0.25, 0.3) is 0 Å². The fourth-order valence-corrected chi connectivity index (χ4v) is 1.83. The molecule has 1 aliphatic rings. The molecule has 0 atom stereocenters. The first kappa shape index (κ1) is 14.5. The quantitative estimate of drug-likeness (QED) is 0.615. The van der Waals surface area contributed by atoms with Crippen LogP contribution in [0.3, 0.4) is 0 Å². The molecule has 3 nitrogen and oxygen atoms in total. The van der Waals surface area contributed by atoms with Crippen LogP contribution in [0.2, 0.25) is 5.15 Å². The second kappa shape index (κ2) is 4.89. The van der Waals surface area contributed by atoms with E-state index in [0.29, 0.717) is 5.69 Å². The standard InChI is InChI=1S/C13H16BClFNO2/c1-12(2)13(3,4)19-14(18-12)8-7-9-5-6-10(16)11(15)17-9/h5-8H,1-4H3/b8-7+. The molecule has 6 heteroatoms. The number of hydrogen-bond donors (Lipinski definition) is 0. The predicted molar refractivity (Wildman–Crippen MR) is 74.3 cm³/mol. The molecule has 102 valence electrons. The van der Waals surface area contributed by atoms with Gasteiger partial charge in [0.15, 0.2) is 11.0 Å². The second-order valence-electron chi connectivity index (χ2n) is 5.49. The summed E-state index contributed by atoms with van der Waals surface area (Å²) in [6, 6.07) is 2.82. The number of aromatic nitrogens is 1. The first-order chi connectivity index (χ1) is 8.71. The highest BCUT2D eigenvalue weighted by Crippen LogP contribution is 2.36. The van der Waals surface area contributed by atoms with Crippen LogP contribution in [0.15, 0.2) is 18.1 Å². The van der Waals surface area contributed by atoms with E-state index >= 15 is 0 Å². The van der Waals surface area contributed by atoms with Crippen LogP contribution < -0.4 is 0 Å². The minimum Gasteiger partial charge on any atom is -0.400 e. The van der Waals surface area contributed by atoms with Crippen molar-refractivity contribution in [1.29, 1.82) is 0 Å². The Balaban J connectivity index is 2.10. The summed E-state index contributed by atoms with van der Waals surface area (Å²) in [7, 11) is -0.448. The zero-order valence-corrected chi connectivity index (χ0v) is 12.2. The molecule has 0 aromatic carbocycles. The summed E-state index contributed by atoms with van der Waals surface area (Å²) in [5.41, 5.74) is -0.202. The van der Waals surface area contributed by atoms with Gasteiger partial charge in [-0.25, -0.2) is 9.37 Å². The fourth-order valence-electron chi connectivity index (χ4n) is 1.67. The van der Waals surface area contributed by atoms with Gasteiger partial charge in [0.1, 0.15) is 0 Å². The third kappa shape index (κ3) is 2.99. The van der Waals surface area contributed by atoms with Crippen LogP contribution in [0.25, 0.3) is 6.08 Å². The van der Waals surface area contributed by atoms with E-state index in [1.54, 1.807) is 18.1 Å². The van der Waals surface area contributed by atoms with Gasteiger partial charge in [-0.2, -0.15) is 0 Å². The van der Waals surface area contributed by atoms with Crippen molar-refractivity contribution >= 4 is 24.8 Å². The van der Waals surface area contributed by atoms with Gasteiger partial charge in [-0.15, -0.1) is 0 Å². The van der Waals surface area contributed by atoms with Gasteiger partial charge in [-0.05, 0) is 45.9 Å². The van der Waals surface area contributed by atoms with E-state index in [1.165, 1.54) is 6.07 Å². The highest BCUT2D eigenvalue weighted by molar-refractivity contribution is 6.52. The maximum absolute atomic E-state index is 13.0. The third-order valence-electron chi connectivity index (χ3n) is 3.52. The van der Waals surface area contributed by atoms with Gasteiger partial charge in [0.2, 0.25) is 0 Å². The normalized spacial score (nSPS) is 21.3. The lowest BCUT2D eigenvalue weighted by atomic mass is 9.90. The average Bonchev–Trinajstić information content (AvgIpc) is 2.49. The van der Waals surface area contributed by atoms with Crippen molar-refractivity contribution in [1.82, 2.24) is 4.98 Å². The van der Waals surface area contributed by atoms with Gasteiger partial charge >= 0.3 is 7.12 Å². The smallest absolute Gasteiger partial charge is 0.400 e. The summed E-state index contributed by atoms with van der Waals surface area (Å²) >= 11 is 5.62. The summed E-state index contributed by atoms with van der Waals surface area (Å²) in [5.74, 6) is 1.21. The van der Waals surface area contributed by atoms with Crippen molar-refractivity contribution in [3.8, 4) is 0 Å². The van der Waals surface area contributed by atoms with Gasteiger partial charge in [-0.1, -0.05) is 17.6 Å². The SMILES string of the molecule is CC1(C)OB(/C=C/c2ccc(F)c(Cl)n2)OC1(C)C. The Morgan fingerprint density at radius 3 is 2.32 bits per heavy atom. The molecular weight excluding hydrogens is 267 g/mol. The summed E-state index contributed by atoms with van der Waals surface area (Å²) in [5, 5.41) is -0.143. The van der Waals surface area contributed by atoms with Crippen LogP contribution in [-0.2, 0) is 9.31 Å². The van der Waals surface area contributed by atoms with E-state index in [4.69, 9.17) is 20.9 Å². The van der Waals surface area contributed by atoms with Crippen LogP contribution in [0, 0.1) is 5.82 Å². The molecule has 1 aliphatic heterocycles. The van der Waals surface area contributed by atoms with Crippen LogP contribution in [-0.4, -0.2) is 23.3 Å². The third-order valence-corrected chi connectivity index (χ3v) is 3.79. The van der Waals surface area contributed by atoms with Gasteiger partial charge < -0.3 is 9.31 Å². The predicted octanol–water partition coefficient (Wildman–Crippen LogP) is 3.52. The van der Waals surface area contributed by atoms with E-state index in [2.05, 4.69) is 4.98 Å². The van der Waals surface area contributed by atoms with Crippen molar-refractivity contribution in [3.63, 3.8) is 0 Å². The van der Waals surface area contributed by atoms with Gasteiger partial charge in [0.05, 0.1) is 16.9 Å². The molecule has 0 unspecified atom stereocenters. The first-order valence-corrected chi connectivity index (χ1v) is 6.45. The average molecular weight is 284 g/mol. The Labute approximate surface area is 117 Å². The molecule has 2 heterocycles. The van der Waals surface area contributed by atoms with Crippen LogP contribution in [0.5, 0.6) is 0 Å². The molecule has 0 amide bonds. The van der Waals surface area contributed by atoms with Crippen molar-refractivity contribution in [2.75, 3.05) is 0 Å². The second-order valence-corrected chi connectivity index (χ2v) is 5.85. The summed E-state index contributed by atoms with van der Waals surface area (Å²) < 4.78 is 24.6. The minimum atomic E-state index is -0.533. The molecule has 1 aromatic heterocycles. The molecule has 1 saturated heterocycles. The van der Waals surface area contributed by atoms with Crippen molar-refractivity contribution < 1.29 is 13.7 Å². The molecule has 2 rings (SSSR count). The Kier molecular flexibility index (Phi) is 3.73. The van der Waals surface area contributed by atoms with Crippen molar-refractivity contribution in [2.45, 2.75) is 38.9 Å². The molecular formula is C13H16BClFNO2. The minimum absolute atomic E-state index is 0.143. The summed E-state index contributed by atoms with van der Waals surface area (Å²) in [4.78, 5) is 3.90. The maximum atomic E-state index is 13.0. The Morgan fingerprint density at radius 1 is 1.21 bits per heavy atom. The number of nitrogens with zero attached hydrogens (tertiary/aromatic N) is 1. The Morgan fingerprint density at radius 2 is 1.79 bits per heavy atom. The Hall–Kier alpha value is -0.905. The zero-order chi connectivity index (χ0) is 14.3. The van der Waals surface area contributed by atoms with E-state index in [0.717, 1.165) is 0 Å². The highest BCUT2D eigenvalue weighted by Gasteiger charge is 2.49. The maximum Gasteiger partial charge on any atom is 0.487 e. The molecule has 0 N–H and O–H groups in total. The van der Waals surface area contributed by atoms with Crippen LogP contribution in [0.1, 0.15) is 33.4 Å². The number of hydrogen-bond acceptors (Lipinski definition) is 3. The van der Waals surface area contributed by atoms with E-state index in [9.17, 15) is 4.39 Å². The molecule has 1 fully saturated rings. The Bertz CT molecular complexity index is 503. The lowest BCUT2D eigenvalue weighted by Gasteiger charge is -2.32. The number of halogens is 2. The van der Waals surface area contributed by atoms with Crippen LogP contribution in [0.4, 0.5) is 4.39 Å². The fraction of sp³-hybridized carbons (Fsp3) is 0.462. The largest absolute Gasteiger partial charge is 0.487 e. The van der Waals surface area contributed by atoms with Gasteiger partial charge in [0, 0.05) is 0 Å². The first-order valence-electron chi connectivity index (χ1n) is 6.07. The molecule has 1 aromatic rings. The van der Waals surface area contributed by atoms with E-state index in [-0.39, 0.29) is 16.4 Å². The molecule has 0 radical (unpaired) electrons. The summed E-state index contributed by atoms with van der Waals surface area (Å²) in [6.45, 7) is 7.92. The van der Waals surface area contributed by atoms with Crippen LogP contribution >= 0.6 is 11.6 Å². The van der Waals surface area contributed by atoms with Crippen molar-refractivity contribution in [3.05, 3.63) is 34.8 Å². The molecule has 0 bridgehead atoms. The molecule has 19 heavy (non-hydrogen) atoms. The lowest BCUT2D eigenvalue weighted by Crippen LogP contribution is -2.41. The lowest BCUT2D eigenvalue weighted by molar-refractivity contribution is 0.00578.